The smallest absolute Gasteiger partial charge is 0.337 e. The summed E-state index contributed by atoms with van der Waals surface area (Å²) in [5.41, 5.74) is 7.70. The van der Waals surface area contributed by atoms with Crippen molar-refractivity contribution in [2.75, 3.05) is 12.8 Å². The fourth-order valence-corrected chi connectivity index (χ4v) is 1.55. The van der Waals surface area contributed by atoms with Gasteiger partial charge in [0.15, 0.2) is 0 Å². The highest BCUT2D eigenvalue weighted by Gasteiger charge is 2.09. The zero-order valence-electron chi connectivity index (χ0n) is 9.43. The van der Waals surface area contributed by atoms with Gasteiger partial charge < -0.3 is 10.5 Å². The lowest BCUT2D eigenvalue weighted by Crippen LogP contribution is -2.03. The third-order valence-corrected chi connectivity index (χ3v) is 2.41. The van der Waals surface area contributed by atoms with E-state index in [0.29, 0.717) is 15.7 Å². The first-order valence-corrected chi connectivity index (χ1v) is 5.49. The van der Waals surface area contributed by atoms with Crippen LogP contribution in [-0.4, -0.2) is 13.1 Å². The number of hydrogen-bond acceptors (Lipinski definition) is 3. The molecule has 2 N–H and O–H groups in total. The highest BCUT2D eigenvalue weighted by atomic mass is 79.9. The number of rotatable bonds is 1. The summed E-state index contributed by atoms with van der Waals surface area (Å²) in [5, 5.41) is 0. The van der Waals surface area contributed by atoms with Crippen molar-refractivity contribution in [1.29, 1.82) is 0 Å². The fraction of sp³-hybridized carbons (Fsp3) is 0.364. The second-order valence-corrected chi connectivity index (χ2v) is 3.53. The lowest BCUT2D eigenvalue weighted by Gasteiger charge is -2.05. The molecule has 0 aliphatic rings. The van der Waals surface area contributed by atoms with E-state index in [0.717, 1.165) is 5.56 Å². The van der Waals surface area contributed by atoms with E-state index in [1.54, 1.807) is 12.1 Å². The summed E-state index contributed by atoms with van der Waals surface area (Å²) < 4.78 is 5.30. The van der Waals surface area contributed by atoms with Crippen LogP contribution in [0, 0.1) is 6.92 Å². The number of benzene rings is 1. The monoisotopic (exact) mass is 273 g/mol. The van der Waals surface area contributed by atoms with Crippen molar-refractivity contribution in [2.45, 2.75) is 20.8 Å². The SMILES string of the molecule is CC.COC(=O)c1cc(C)c(N)c(Br)c1. The summed E-state index contributed by atoms with van der Waals surface area (Å²) in [6, 6.07) is 3.35. The molecule has 3 nitrogen and oxygen atoms in total. The van der Waals surface area contributed by atoms with Crippen LogP contribution in [0.15, 0.2) is 16.6 Å². The van der Waals surface area contributed by atoms with Crippen LogP contribution < -0.4 is 5.73 Å². The number of methoxy groups -OCH3 is 1. The molecule has 0 aliphatic heterocycles. The van der Waals surface area contributed by atoms with Gasteiger partial charge in [-0.1, -0.05) is 13.8 Å². The number of ether oxygens (including phenoxy) is 1. The second-order valence-electron chi connectivity index (χ2n) is 2.68. The maximum Gasteiger partial charge on any atom is 0.337 e. The molecule has 0 saturated heterocycles. The van der Waals surface area contributed by atoms with Crippen LogP contribution in [0.4, 0.5) is 5.69 Å². The standard InChI is InChI=1S/C9H10BrNO2.C2H6/c1-5-3-6(9(12)13-2)4-7(10)8(5)11;1-2/h3-4H,11H2,1-2H3;1-2H3. The van der Waals surface area contributed by atoms with Crippen molar-refractivity contribution in [2.24, 2.45) is 0 Å². The predicted molar refractivity (Wildman–Crippen MR) is 66.0 cm³/mol. The van der Waals surface area contributed by atoms with Crippen molar-refractivity contribution < 1.29 is 9.53 Å². The normalized spacial score (nSPS) is 8.87. The maximum absolute atomic E-state index is 11.1. The number of aryl methyl sites for hydroxylation is 1. The van der Waals surface area contributed by atoms with Gasteiger partial charge in [0.25, 0.3) is 0 Å². The third kappa shape index (κ3) is 3.55. The van der Waals surface area contributed by atoms with Crippen molar-refractivity contribution in [3.8, 4) is 0 Å². The van der Waals surface area contributed by atoms with Gasteiger partial charge in [-0.15, -0.1) is 0 Å². The predicted octanol–water partition coefficient (Wildman–Crippen LogP) is 3.15. The van der Waals surface area contributed by atoms with Gasteiger partial charge in [0, 0.05) is 10.2 Å². The lowest BCUT2D eigenvalue weighted by atomic mass is 10.1. The van der Waals surface area contributed by atoms with E-state index in [-0.39, 0.29) is 5.97 Å². The van der Waals surface area contributed by atoms with E-state index in [9.17, 15) is 4.79 Å². The molecule has 0 aromatic heterocycles. The van der Waals surface area contributed by atoms with Crippen LogP contribution in [-0.2, 0) is 4.74 Å². The summed E-state index contributed by atoms with van der Waals surface area (Å²) in [5.74, 6) is -0.358. The summed E-state index contributed by atoms with van der Waals surface area (Å²) in [4.78, 5) is 11.1. The Morgan fingerprint density at radius 1 is 1.40 bits per heavy atom. The Hall–Kier alpha value is -1.03. The van der Waals surface area contributed by atoms with Gasteiger partial charge in [0.1, 0.15) is 0 Å². The number of nitrogen functional groups attached to an aromatic ring is 1. The van der Waals surface area contributed by atoms with Gasteiger partial charge in [-0.05, 0) is 40.5 Å². The summed E-state index contributed by atoms with van der Waals surface area (Å²) in [6.45, 7) is 5.84. The van der Waals surface area contributed by atoms with Gasteiger partial charge in [-0.3, -0.25) is 0 Å². The van der Waals surface area contributed by atoms with Gasteiger partial charge in [-0.2, -0.15) is 0 Å². The molecule has 4 heteroatoms. The topological polar surface area (TPSA) is 52.3 Å². The molecular weight excluding hydrogens is 258 g/mol. The molecule has 0 unspecified atom stereocenters. The molecular formula is C11H16BrNO2. The van der Waals surface area contributed by atoms with Crippen molar-refractivity contribution >= 4 is 27.6 Å². The lowest BCUT2D eigenvalue weighted by molar-refractivity contribution is 0.0600. The van der Waals surface area contributed by atoms with E-state index in [1.807, 2.05) is 20.8 Å². The molecule has 0 radical (unpaired) electrons. The minimum atomic E-state index is -0.358. The molecule has 0 heterocycles. The molecule has 84 valence electrons. The Morgan fingerprint density at radius 2 is 1.93 bits per heavy atom. The Bertz CT molecular complexity index is 327. The van der Waals surface area contributed by atoms with Gasteiger partial charge in [0.05, 0.1) is 12.7 Å². The van der Waals surface area contributed by atoms with E-state index in [2.05, 4.69) is 20.7 Å². The average molecular weight is 274 g/mol. The molecule has 0 amide bonds. The van der Waals surface area contributed by atoms with Crippen molar-refractivity contribution in [3.05, 3.63) is 27.7 Å². The molecule has 1 aromatic rings. The van der Waals surface area contributed by atoms with E-state index >= 15 is 0 Å². The van der Waals surface area contributed by atoms with E-state index < -0.39 is 0 Å². The number of carbonyl (C=O) groups excluding carboxylic acids is 1. The van der Waals surface area contributed by atoms with Gasteiger partial charge in [0.2, 0.25) is 0 Å². The zero-order chi connectivity index (χ0) is 12.0. The van der Waals surface area contributed by atoms with Crippen molar-refractivity contribution in [3.63, 3.8) is 0 Å². The largest absolute Gasteiger partial charge is 0.465 e. The minimum absolute atomic E-state index is 0.358. The van der Waals surface area contributed by atoms with Gasteiger partial charge in [-0.25, -0.2) is 4.79 Å². The summed E-state index contributed by atoms with van der Waals surface area (Å²) in [7, 11) is 1.35. The van der Waals surface area contributed by atoms with E-state index in [1.165, 1.54) is 7.11 Å². The van der Waals surface area contributed by atoms with Crippen LogP contribution in [0.5, 0.6) is 0 Å². The number of anilines is 1. The van der Waals surface area contributed by atoms with E-state index in [4.69, 9.17) is 5.73 Å². The Labute approximate surface area is 98.7 Å². The number of halogens is 1. The first-order chi connectivity index (χ1) is 7.06. The fourth-order valence-electron chi connectivity index (χ4n) is 0.991. The summed E-state index contributed by atoms with van der Waals surface area (Å²) >= 11 is 3.26. The van der Waals surface area contributed by atoms with Crippen molar-refractivity contribution in [1.82, 2.24) is 0 Å². The van der Waals surface area contributed by atoms with Crippen LogP contribution in [0.3, 0.4) is 0 Å². The molecule has 0 bridgehead atoms. The Balaban J connectivity index is 0.000000921. The van der Waals surface area contributed by atoms with Gasteiger partial charge >= 0.3 is 5.97 Å². The van der Waals surface area contributed by atoms with Crippen LogP contribution in [0.2, 0.25) is 0 Å². The summed E-state index contributed by atoms with van der Waals surface area (Å²) in [6.07, 6.45) is 0. The molecule has 0 saturated carbocycles. The third-order valence-electron chi connectivity index (χ3n) is 1.76. The molecule has 0 aliphatic carbocycles. The average Bonchev–Trinajstić information content (AvgIpc) is 2.26. The zero-order valence-corrected chi connectivity index (χ0v) is 11.0. The second kappa shape index (κ2) is 6.45. The van der Waals surface area contributed by atoms with Crippen LogP contribution >= 0.6 is 15.9 Å². The number of carbonyl (C=O) groups is 1. The Kier molecular flexibility index (Phi) is 6.01. The number of esters is 1. The minimum Gasteiger partial charge on any atom is -0.465 e. The van der Waals surface area contributed by atoms with Crippen LogP contribution in [0.1, 0.15) is 29.8 Å². The molecule has 0 fully saturated rings. The van der Waals surface area contributed by atoms with Crippen LogP contribution in [0.25, 0.3) is 0 Å². The quantitative estimate of drug-likeness (QED) is 0.632. The molecule has 0 spiro atoms. The number of nitrogens with two attached hydrogens (primary N) is 1. The highest BCUT2D eigenvalue weighted by molar-refractivity contribution is 9.10. The highest BCUT2D eigenvalue weighted by Crippen LogP contribution is 2.24. The molecule has 0 atom stereocenters. The first kappa shape index (κ1) is 14.0. The number of hydrogen-bond donors (Lipinski definition) is 1. The molecule has 15 heavy (non-hydrogen) atoms. The first-order valence-electron chi connectivity index (χ1n) is 4.70. The molecule has 1 aromatic carbocycles. The Morgan fingerprint density at radius 3 is 2.33 bits per heavy atom. The maximum atomic E-state index is 11.1. The molecule has 1 rings (SSSR count).